The molecule has 1 heterocycles. The van der Waals surface area contributed by atoms with Gasteiger partial charge in [-0.1, -0.05) is 53.4 Å². The summed E-state index contributed by atoms with van der Waals surface area (Å²) >= 11 is 5.70. The van der Waals surface area contributed by atoms with E-state index in [2.05, 4.69) is 49.7 Å². The molecular formula is C29H24BrIN4O2. The molecule has 0 amide bonds. The molecule has 0 unspecified atom stereocenters. The monoisotopic (exact) mass is 666 g/mol. The van der Waals surface area contributed by atoms with Crippen molar-refractivity contribution in [1.29, 1.82) is 5.26 Å². The fraction of sp³-hybridized carbons (Fsp3) is 0.241. The Morgan fingerprint density at radius 1 is 1.14 bits per heavy atom. The van der Waals surface area contributed by atoms with Crippen molar-refractivity contribution < 1.29 is 4.74 Å². The average molecular weight is 667 g/mol. The molecule has 1 aromatic heterocycles. The molecule has 3 aromatic carbocycles. The van der Waals surface area contributed by atoms with Crippen LogP contribution in [0.5, 0.6) is 5.75 Å². The van der Waals surface area contributed by atoms with Gasteiger partial charge in [0.1, 0.15) is 18.2 Å². The molecule has 37 heavy (non-hydrogen) atoms. The van der Waals surface area contributed by atoms with Crippen molar-refractivity contribution in [2.24, 2.45) is 5.10 Å². The highest BCUT2D eigenvalue weighted by Gasteiger charge is 2.22. The lowest BCUT2D eigenvalue weighted by atomic mass is 9.88. The lowest BCUT2D eigenvalue weighted by Crippen LogP contribution is -2.25. The van der Waals surface area contributed by atoms with E-state index < -0.39 is 0 Å². The standard InChI is InChI=1S/C29H24BrIN4O2/c30-23-11-12-26-24(15-23)29(36)35(28(34-26)20-6-2-1-3-7-20)33-17-19-10-13-27(25(31)14-19)37-18-22-9-5-4-8-21(22)16-32/h4-5,8-15,17,20H,1-3,6-7,18H2. The number of hydrogen-bond donors (Lipinski definition) is 0. The predicted molar refractivity (Wildman–Crippen MR) is 157 cm³/mol. The highest BCUT2D eigenvalue weighted by atomic mass is 127. The molecule has 0 bridgehead atoms. The molecular weight excluding hydrogens is 643 g/mol. The summed E-state index contributed by atoms with van der Waals surface area (Å²) in [4.78, 5) is 18.4. The second kappa shape index (κ2) is 11.6. The summed E-state index contributed by atoms with van der Waals surface area (Å²) in [6, 6.07) is 21.0. The molecule has 1 aliphatic carbocycles. The Balaban J connectivity index is 1.44. The van der Waals surface area contributed by atoms with E-state index >= 15 is 0 Å². The van der Waals surface area contributed by atoms with E-state index in [0.717, 1.165) is 56.4 Å². The lowest BCUT2D eigenvalue weighted by Gasteiger charge is -2.22. The maximum absolute atomic E-state index is 13.5. The SMILES string of the molecule is N#Cc1ccccc1COc1ccc(C=Nn2c(C3CCCCC3)nc3ccc(Br)cc3c2=O)cc1I. The van der Waals surface area contributed by atoms with Gasteiger partial charge in [-0.3, -0.25) is 4.79 Å². The summed E-state index contributed by atoms with van der Waals surface area (Å²) in [5.41, 5.74) is 2.85. The third-order valence-electron chi connectivity index (χ3n) is 6.60. The van der Waals surface area contributed by atoms with Crippen LogP contribution in [0.4, 0.5) is 0 Å². The fourth-order valence-electron chi connectivity index (χ4n) is 4.65. The first kappa shape index (κ1) is 25.6. The van der Waals surface area contributed by atoms with Gasteiger partial charge in [-0.25, -0.2) is 4.98 Å². The van der Waals surface area contributed by atoms with Gasteiger partial charge < -0.3 is 4.74 Å². The van der Waals surface area contributed by atoms with Crippen molar-refractivity contribution in [1.82, 2.24) is 9.66 Å². The normalized spacial score (nSPS) is 14.2. The van der Waals surface area contributed by atoms with E-state index in [1.165, 1.54) is 11.1 Å². The van der Waals surface area contributed by atoms with Crippen molar-refractivity contribution in [3.63, 3.8) is 0 Å². The minimum Gasteiger partial charge on any atom is -0.488 e. The van der Waals surface area contributed by atoms with E-state index in [0.29, 0.717) is 23.1 Å². The molecule has 5 rings (SSSR count). The molecule has 186 valence electrons. The van der Waals surface area contributed by atoms with Crippen LogP contribution in [0.1, 0.15) is 60.5 Å². The topological polar surface area (TPSA) is 80.3 Å². The number of benzene rings is 3. The van der Waals surface area contributed by atoms with Crippen LogP contribution in [0.2, 0.25) is 0 Å². The van der Waals surface area contributed by atoms with E-state index in [1.54, 1.807) is 18.3 Å². The van der Waals surface area contributed by atoms with Crippen molar-refractivity contribution in [3.05, 3.63) is 102 Å². The highest BCUT2D eigenvalue weighted by molar-refractivity contribution is 14.1. The number of nitriles is 1. The molecule has 0 aliphatic heterocycles. The number of fused-ring (bicyclic) bond motifs is 1. The maximum Gasteiger partial charge on any atom is 0.282 e. The van der Waals surface area contributed by atoms with Crippen LogP contribution in [-0.4, -0.2) is 15.9 Å². The zero-order valence-electron chi connectivity index (χ0n) is 20.0. The Morgan fingerprint density at radius 3 is 2.73 bits per heavy atom. The van der Waals surface area contributed by atoms with Crippen LogP contribution in [-0.2, 0) is 6.61 Å². The van der Waals surface area contributed by atoms with Gasteiger partial charge >= 0.3 is 0 Å². The van der Waals surface area contributed by atoms with Gasteiger partial charge in [-0.2, -0.15) is 15.0 Å². The molecule has 1 fully saturated rings. The van der Waals surface area contributed by atoms with Gasteiger partial charge in [-0.05, 0) is 83.5 Å². The predicted octanol–water partition coefficient (Wildman–Crippen LogP) is 7.14. The van der Waals surface area contributed by atoms with Crippen molar-refractivity contribution in [3.8, 4) is 11.8 Å². The minimum atomic E-state index is -0.158. The Bertz CT molecular complexity index is 1590. The van der Waals surface area contributed by atoms with Crippen LogP contribution in [0.25, 0.3) is 10.9 Å². The molecule has 8 heteroatoms. The van der Waals surface area contributed by atoms with Crippen LogP contribution in [0, 0.1) is 14.9 Å². The average Bonchev–Trinajstić information content (AvgIpc) is 2.93. The van der Waals surface area contributed by atoms with Crippen molar-refractivity contribution in [2.75, 3.05) is 0 Å². The number of ether oxygens (including phenoxy) is 1. The van der Waals surface area contributed by atoms with Gasteiger partial charge in [0.25, 0.3) is 5.56 Å². The molecule has 0 atom stereocenters. The molecule has 1 saturated carbocycles. The minimum absolute atomic E-state index is 0.158. The number of aromatic nitrogens is 2. The highest BCUT2D eigenvalue weighted by Crippen LogP contribution is 2.32. The molecule has 6 nitrogen and oxygen atoms in total. The first-order chi connectivity index (χ1) is 18.0. The zero-order valence-corrected chi connectivity index (χ0v) is 23.8. The fourth-order valence-corrected chi connectivity index (χ4v) is 5.71. The van der Waals surface area contributed by atoms with Crippen LogP contribution in [0.3, 0.4) is 0 Å². The second-order valence-electron chi connectivity index (χ2n) is 9.08. The Hall–Kier alpha value is -3.03. The Morgan fingerprint density at radius 2 is 1.95 bits per heavy atom. The van der Waals surface area contributed by atoms with Gasteiger partial charge in [0.05, 0.1) is 32.3 Å². The van der Waals surface area contributed by atoms with E-state index in [1.807, 2.05) is 48.5 Å². The first-order valence-electron chi connectivity index (χ1n) is 12.2. The Labute approximate surface area is 237 Å². The number of nitrogens with zero attached hydrogens (tertiary/aromatic N) is 4. The van der Waals surface area contributed by atoms with Crippen LogP contribution in [0.15, 0.2) is 75.0 Å². The second-order valence-corrected chi connectivity index (χ2v) is 11.2. The van der Waals surface area contributed by atoms with Crippen molar-refractivity contribution in [2.45, 2.75) is 44.6 Å². The van der Waals surface area contributed by atoms with Gasteiger partial charge in [-0.15, -0.1) is 0 Å². The van der Waals surface area contributed by atoms with E-state index in [9.17, 15) is 10.1 Å². The molecule has 0 N–H and O–H groups in total. The van der Waals surface area contributed by atoms with Gasteiger partial charge in [0.15, 0.2) is 0 Å². The first-order valence-corrected chi connectivity index (χ1v) is 14.1. The quantitative estimate of drug-likeness (QED) is 0.162. The summed E-state index contributed by atoms with van der Waals surface area (Å²) in [5, 5.41) is 14.5. The molecule has 0 spiro atoms. The van der Waals surface area contributed by atoms with E-state index in [4.69, 9.17) is 9.72 Å². The Kier molecular flexibility index (Phi) is 8.01. The van der Waals surface area contributed by atoms with Gasteiger partial charge in [0, 0.05) is 16.0 Å². The van der Waals surface area contributed by atoms with Crippen LogP contribution < -0.4 is 10.3 Å². The summed E-state index contributed by atoms with van der Waals surface area (Å²) in [6.07, 6.45) is 7.24. The van der Waals surface area contributed by atoms with Crippen LogP contribution >= 0.6 is 38.5 Å². The summed E-state index contributed by atoms with van der Waals surface area (Å²) < 4.78 is 9.22. The number of hydrogen-bond acceptors (Lipinski definition) is 5. The van der Waals surface area contributed by atoms with Gasteiger partial charge in [0.2, 0.25) is 0 Å². The number of halogens is 2. The lowest BCUT2D eigenvalue weighted by molar-refractivity contribution is 0.303. The molecule has 1 aliphatic rings. The summed E-state index contributed by atoms with van der Waals surface area (Å²) in [6.45, 7) is 0.311. The molecule has 0 radical (unpaired) electrons. The van der Waals surface area contributed by atoms with Crippen molar-refractivity contribution >= 4 is 55.6 Å². The smallest absolute Gasteiger partial charge is 0.282 e. The zero-order chi connectivity index (χ0) is 25.8. The summed E-state index contributed by atoms with van der Waals surface area (Å²) in [7, 11) is 0. The van der Waals surface area contributed by atoms with E-state index in [-0.39, 0.29) is 11.5 Å². The third kappa shape index (κ3) is 5.78. The number of rotatable bonds is 6. The third-order valence-corrected chi connectivity index (χ3v) is 7.94. The molecule has 4 aromatic rings. The summed E-state index contributed by atoms with van der Waals surface area (Å²) in [5.74, 6) is 1.68. The molecule has 0 saturated heterocycles. The largest absolute Gasteiger partial charge is 0.488 e. The maximum atomic E-state index is 13.5.